The first-order valence-corrected chi connectivity index (χ1v) is 15.5. The summed E-state index contributed by atoms with van der Waals surface area (Å²) in [4.78, 5) is 46.9. The summed E-state index contributed by atoms with van der Waals surface area (Å²) in [7, 11) is 0. The number of hydrogen-bond donors (Lipinski definition) is 3. The molecule has 6 rings (SSSR count). The zero-order valence-corrected chi connectivity index (χ0v) is 25.8. The van der Waals surface area contributed by atoms with Crippen molar-refractivity contribution in [3.63, 3.8) is 0 Å². The van der Waals surface area contributed by atoms with E-state index in [1.807, 2.05) is 24.3 Å². The molecule has 1 aromatic carbocycles. The molecule has 0 saturated carbocycles. The number of carbonyl (C=O) groups excluding carboxylic acids is 3. The average molecular weight is 687 g/mol. The van der Waals surface area contributed by atoms with Gasteiger partial charge in [0.05, 0.1) is 17.6 Å². The topological polar surface area (TPSA) is 147 Å². The lowest BCUT2D eigenvalue weighted by molar-refractivity contribution is -0.134. The molecule has 0 aliphatic carbocycles. The third-order valence-corrected chi connectivity index (χ3v) is 8.36. The summed E-state index contributed by atoms with van der Waals surface area (Å²) in [6.07, 6.45) is -1.81. The van der Waals surface area contributed by atoms with E-state index in [0.717, 1.165) is 17.4 Å². The van der Waals surface area contributed by atoms with Crippen LogP contribution in [0.2, 0.25) is 0 Å². The van der Waals surface area contributed by atoms with Crippen LogP contribution >= 0.6 is 0 Å². The lowest BCUT2D eigenvalue weighted by Gasteiger charge is -2.32. The third-order valence-electron chi connectivity index (χ3n) is 8.36. The molecule has 2 aliphatic rings. The monoisotopic (exact) mass is 686 g/mol. The number of piperidine rings is 2. The number of hydrogen-bond acceptors (Lipinski definition) is 9. The molecule has 1 unspecified atom stereocenters. The average Bonchev–Trinajstić information content (AvgIpc) is 3.73. The number of oxazole rings is 1. The Morgan fingerprint density at radius 2 is 1.90 bits per heavy atom. The van der Waals surface area contributed by atoms with Gasteiger partial charge in [0.15, 0.2) is 11.4 Å². The second-order valence-electron chi connectivity index (χ2n) is 11.9. The smallest absolute Gasteiger partial charge is 0.405 e. The summed E-state index contributed by atoms with van der Waals surface area (Å²) in [5, 5.41) is 11.1. The minimum absolute atomic E-state index is 0.0816. The summed E-state index contributed by atoms with van der Waals surface area (Å²) in [5.41, 5.74) is 1.10. The first-order chi connectivity index (χ1) is 23.4. The number of halogens is 5. The van der Waals surface area contributed by atoms with Gasteiger partial charge in [-0.1, -0.05) is 24.3 Å². The highest BCUT2D eigenvalue weighted by Crippen LogP contribution is 2.32. The van der Waals surface area contributed by atoms with E-state index in [9.17, 15) is 36.3 Å². The van der Waals surface area contributed by atoms with Crippen LogP contribution in [0.3, 0.4) is 0 Å². The molecule has 0 radical (unpaired) electrons. The second kappa shape index (κ2) is 14.1. The number of imide groups is 1. The van der Waals surface area contributed by atoms with E-state index in [0.29, 0.717) is 45.3 Å². The number of aromatic nitrogens is 4. The van der Waals surface area contributed by atoms with Crippen molar-refractivity contribution < 1.29 is 40.8 Å². The molecule has 12 nitrogen and oxygen atoms in total. The molecule has 2 saturated heterocycles. The first kappa shape index (κ1) is 33.7. The molecule has 3 aromatic heterocycles. The molecule has 2 aliphatic heterocycles. The lowest BCUT2D eigenvalue weighted by Crippen LogP contribution is -2.39. The van der Waals surface area contributed by atoms with Crippen LogP contribution in [-0.4, -0.2) is 68.2 Å². The number of pyridine rings is 1. The highest BCUT2D eigenvalue weighted by molar-refractivity contribution is 6.03. The number of carbonyl (C=O) groups is 3. The number of anilines is 2. The number of likely N-dealkylation sites (tertiary alicyclic amines) is 1. The number of amides is 3. The van der Waals surface area contributed by atoms with Crippen molar-refractivity contribution in [1.82, 2.24) is 30.0 Å². The number of nitrogens with one attached hydrogen (secondary N) is 3. The highest BCUT2D eigenvalue weighted by atomic mass is 19.4. The summed E-state index contributed by atoms with van der Waals surface area (Å²) < 4.78 is 72.4. The molecule has 258 valence electrons. The summed E-state index contributed by atoms with van der Waals surface area (Å²) in [5.74, 6) is -1.94. The third kappa shape index (κ3) is 8.28. The molecule has 17 heteroatoms. The van der Waals surface area contributed by atoms with Gasteiger partial charge in [0.1, 0.15) is 18.6 Å². The fraction of sp³-hybridized carbons (Fsp3) is 0.375. The number of rotatable bonds is 10. The minimum Gasteiger partial charge on any atom is -0.444 e. The number of alkyl halides is 5. The zero-order valence-electron chi connectivity index (χ0n) is 25.8. The molecule has 2 fully saturated rings. The molecule has 3 N–H and O–H groups in total. The molecular weight excluding hydrogens is 655 g/mol. The predicted octanol–water partition coefficient (Wildman–Crippen LogP) is 5.45. The van der Waals surface area contributed by atoms with Crippen LogP contribution < -0.4 is 16.0 Å². The maximum atomic E-state index is 14.0. The van der Waals surface area contributed by atoms with Gasteiger partial charge in [0.2, 0.25) is 17.7 Å². The minimum atomic E-state index is -4.45. The Hall–Kier alpha value is -5.19. The van der Waals surface area contributed by atoms with Crippen LogP contribution in [0.1, 0.15) is 71.4 Å². The molecule has 1 atom stereocenters. The van der Waals surface area contributed by atoms with Crippen LogP contribution in [0.25, 0.3) is 11.5 Å². The van der Waals surface area contributed by atoms with Gasteiger partial charge in [-0.15, -0.1) is 0 Å². The van der Waals surface area contributed by atoms with Crippen LogP contribution in [0, 0.1) is 0 Å². The summed E-state index contributed by atoms with van der Waals surface area (Å²) in [6, 6.07) is 10.2. The standard InChI is InChI=1S/C32H31F5N8O4/c33-28(34)27-23(40-30(48)24-16-49-31(41-24)20-6-9-38-25(13-20)39-17-32(35,36)37)15-45(43-27)21-7-10-44(11-8-21)14-18-2-1-3-19(12-18)22-4-5-26(46)42-29(22)47/h1-3,6,9,12-13,15-16,21-22,28H,4-5,7-8,10-11,14,17H2,(H,38,39)(H,40,48)(H,42,46,47). The normalized spacial score (nSPS) is 17.7. The molecule has 49 heavy (non-hydrogen) atoms. The largest absolute Gasteiger partial charge is 0.444 e. The van der Waals surface area contributed by atoms with Gasteiger partial charge in [-0.2, -0.15) is 18.3 Å². The van der Waals surface area contributed by atoms with Crippen LogP contribution in [0.5, 0.6) is 0 Å². The van der Waals surface area contributed by atoms with Crippen LogP contribution in [0.15, 0.2) is 59.5 Å². The summed E-state index contributed by atoms with van der Waals surface area (Å²) >= 11 is 0. The van der Waals surface area contributed by atoms with E-state index < -0.39 is 30.7 Å². The van der Waals surface area contributed by atoms with Crippen molar-refractivity contribution in [3.8, 4) is 11.5 Å². The molecule has 3 amide bonds. The Labute approximate surface area is 276 Å². The quantitative estimate of drug-likeness (QED) is 0.146. The summed E-state index contributed by atoms with van der Waals surface area (Å²) in [6.45, 7) is 0.637. The number of nitrogens with zero attached hydrogens (tertiary/aromatic N) is 5. The van der Waals surface area contributed by atoms with Crippen molar-refractivity contribution in [2.75, 3.05) is 30.3 Å². The van der Waals surface area contributed by atoms with Gasteiger partial charge in [-0.05, 0) is 42.5 Å². The Bertz CT molecular complexity index is 1830. The predicted molar refractivity (Wildman–Crippen MR) is 165 cm³/mol. The van der Waals surface area contributed by atoms with Crippen molar-refractivity contribution in [2.24, 2.45) is 0 Å². The van der Waals surface area contributed by atoms with E-state index in [4.69, 9.17) is 4.42 Å². The molecule has 4 aromatic rings. The molecule has 0 spiro atoms. The second-order valence-corrected chi connectivity index (χ2v) is 11.9. The van der Waals surface area contributed by atoms with E-state index in [1.165, 1.54) is 29.2 Å². The van der Waals surface area contributed by atoms with Crippen LogP contribution in [0.4, 0.5) is 33.5 Å². The van der Waals surface area contributed by atoms with Gasteiger partial charge in [0, 0.05) is 44.0 Å². The Morgan fingerprint density at radius 3 is 2.63 bits per heavy atom. The van der Waals surface area contributed by atoms with E-state index >= 15 is 0 Å². The van der Waals surface area contributed by atoms with Crippen molar-refractivity contribution in [3.05, 3.63) is 77.6 Å². The van der Waals surface area contributed by atoms with E-state index in [2.05, 4.69) is 35.9 Å². The fourth-order valence-electron chi connectivity index (χ4n) is 5.92. The maximum absolute atomic E-state index is 14.0. The van der Waals surface area contributed by atoms with Crippen molar-refractivity contribution in [2.45, 2.75) is 56.8 Å². The van der Waals surface area contributed by atoms with Crippen molar-refractivity contribution >= 4 is 29.2 Å². The first-order valence-electron chi connectivity index (χ1n) is 15.5. The van der Waals surface area contributed by atoms with E-state index in [1.54, 1.807) is 0 Å². The van der Waals surface area contributed by atoms with E-state index in [-0.39, 0.29) is 52.4 Å². The van der Waals surface area contributed by atoms with Crippen molar-refractivity contribution in [1.29, 1.82) is 0 Å². The Morgan fingerprint density at radius 1 is 1.10 bits per heavy atom. The highest BCUT2D eigenvalue weighted by Gasteiger charge is 2.30. The zero-order chi connectivity index (χ0) is 34.7. The van der Waals surface area contributed by atoms with Gasteiger partial charge >= 0.3 is 6.18 Å². The lowest BCUT2D eigenvalue weighted by atomic mass is 9.89. The molecule has 5 heterocycles. The van der Waals surface area contributed by atoms with Gasteiger partial charge in [-0.3, -0.25) is 29.3 Å². The fourth-order valence-corrected chi connectivity index (χ4v) is 5.92. The van der Waals surface area contributed by atoms with Gasteiger partial charge in [0.25, 0.3) is 12.3 Å². The maximum Gasteiger partial charge on any atom is 0.405 e. The number of benzene rings is 1. The van der Waals surface area contributed by atoms with Gasteiger partial charge in [-0.25, -0.2) is 18.7 Å². The van der Waals surface area contributed by atoms with Crippen LogP contribution in [-0.2, 0) is 16.1 Å². The SMILES string of the molecule is O=C1CCC(c2cccc(CN3CCC(n4cc(NC(=O)c5coc(-c6ccnc(NCC(F)(F)F)c6)n5)c(C(F)F)n4)CC3)c2)C(=O)N1. The van der Waals surface area contributed by atoms with Gasteiger partial charge < -0.3 is 15.1 Å². The molecular formula is C32H31F5N8O4. The Balaban J connectivity index is 1.07. The Kier molecular flexibility index (Phi) is 9.71. The molecule has 0 bridgehead atoms.